The van der Waals surface area contributed by atoms with Gasteiger partial charge in [-0.15, -0.1) is 0 Å². The molecule has 0 aromatic heterocycles. The molecule has 0 N–H and O–H groups in total. The largest absolute Gasteiger partial charge is 0.193 e. The highest BCUT2D eigenvalue weighted by molar-refractivity contribution is 5.22. The second-order valence-electron chi connectivity index (χ2n) is 8.90. The van der Waals surface area contributed by atoms with Crippen LogP contribution in [0, 0.1) is 23.2 Å². The minimum Gasteiger partial charge on any atom is -0.193 e. The van der Waals surface area contributed by atoms with E-state index in [1.807, 2.05) is 18.2 Å². The lowest BCUT2D eigenvalue weighted by Gasteiger charge is -2.28. The van der Waals surface area contributed by atoms with E-state index in [9.17, 15) is 0 Å². The molecule has 158 valence electrons. The van der Waals surface area contributed by atoms with Crippen molar-refractivity contribution in [1.29, 1.82) is 5.26 Å². The van der Waals surface area contributed by atoms with Gasteiger partial charge in [0.15, 0.2) is 0 Å². The van der Waals surface area contributed by atoms with Gasteiger partial charge in [-0.05, 0) is 61.5 Å². The topological polar surface area (TPSA) is 23.8 Å². The van der Waals surface area contributed by atoms with Gasteiger partial charge in [0.25, 0.3) is 0 Å². The summed E-state index contributed by atoms with van der Waals surface area (Å²) in [7, 11) is 0. The average molecular weight is 392 g/mol. The van der Waals surface area contributed by atoms with Crippen LogP contribution in [-0.2, 0) is 12.8 Å². The van der Waals surface area contributed by atoms with Crippen molar-refractivity contribution in [2.45, 2.75) is 96.8 Å². The van der Waals surface area contributed by atoms with E-state index in [2.05, 4.69) is 37.3 Å². The number of hydrogen-bond acceptors (Lipinski definition) is 1. The molecule has 0 heterocycles. The maximum atomic E-state index is 8.46. The Hall–Kier alpha value is -1.81. The summed E-state index contributed by atoms with van der Waals surface area (Å²) in [6.45, 7) is 2.27. The third-order valence-electron chi connectivity index (χ3n) is 6.55. The van der Waals surface area contributed by atoms with Gasteiger partial charge in [-0.25, -0.2) is 0 Å². The molecule has 1 aliphatic rings. The van der Waals surface area contributed by atoms with Gasteiger partial charge in [0.05, 0.1) is 6.07 Å². The van der Waals surface area contributed by atoms with Gasteiger partial charge in [-0.1, -0.05) is 101 Å². The molecular weight excluding hydrogens is 350 g/mol. The molecule has 1 aromatic rings. The van der Waals surface area contributed by atoms with Crippen LogP contribution in [-0.4, -0.2) is 0 Å². The predicted molar refractivity (Wildman–Crippen MR) is 126 cm³/mol. The van der Waals surface area contributed by atoms with Gasteiger partial charge >= 0.3 is 0 Å². The Morgan fingerprint density at radius 3 is 2.00 bits per heavy atom. The first kappa shape index (κ1) is 23.5. The molecule has 0 atom stereocenters. The maximum absolute atomic E-state index is 8.46. The molecule has 0 amide bonds. The summed E-state index contributed by atoms with van der Waals surface area (Å²) in [5.41, 5.74) is 3.03. The predicted octanol–water partition coefficient (Wildman–Crippen LogP) is 8.35. The van der Waals surface area contributed by atoms with Crippen LogP contribution in [0.25, 0.3) is 0 Å². The van der Waals surface area contributed by atoms with E-state index in [0.29, 0.717) is 0 Å². The Morgan fingerprint density at radius 2 is 1.41 bits per heavy atom. The van der Waals surface area contributed by atoms with Crippen molar-refractivity contribution in [2.75, 3.05) is 0 Å². The van der Waals surface area contributed by atoms with Gasteiger partial charge < -0.3 is 0 Å². The van der Waals surface area contributed by atoms with Gasteiger partial charge in [-0.3, -0.25) is 0 Å². The smallest absolute Gasteiger partial charge is 0.0912 e. The quantitative estimate of drug-likeness (QED) is 0.188. The van der Waals surface area contributed by atoms with E-state index >= 15 is 0 Å². The fourth-order valence-electron chi connectivity index (χ4n) is 4.63. The highest BCUT2D eigenvalue weighted by Crippen LogP contribution is 2.34. The van der Waals surface area contributed by atoms with Crippen LogP contribution in [0.3, 0.4) is 0 Å². The molecule has 1 aliphatic carbocycles. The first-order valence-electron chi connectivity index (χ1n) is 12.1. The molecule has 0 spiro atoms. The number of unbranched alkanes of at least 4 members (excludes halogenated alkanes) is 3. The van der Waals surface area contributed by atoms with Crippen molar-refractivity contribution in [2.24, 2.45) is 11.8 Å². The van der Waals surface area contributed by atoms with E-state index in [1.165, 1.54) is 101 Å². The first-order chi connectivity index (χ1) is 14.3. The lowest BCUT2D eigenvalue weighted by Crippen LogP contribution is -2.14. The van der Waals surface area contributed by atoms with E-state index in [1.54, 1.807) is 0 Å². The van der Waals surface area contributed by atoms with Crippen molar-refractivity contribution in [3.63, 3.8) is 0 Å². The van der Waals surface area contributed by atoms with E-state index in [4.69, 9.17) is 5.26 Å². The third-order valence-corrected chi connectivity index (χ3v) is 6.55. The number of hydrogen-bond donors (Lipinski definition) is 0. The minimum atomic E-state index is 0.923. The zero-order valence-corrected chi connectivity index (χ0v) is 18.6. The van der Waals surface area contributed by atoms with Crippen LogP contribution >= 0.6 is 0 Å². The van der Waals surface area contributed by atoms with E-state index in [0.717, 1.165) is 18.3 Å². The summed E-state index contributed by atoms with van der Waals surface area (Å²) in [5.74, 6) is 1.90. The zero-order valence-electron chi connectivity index (χ0n) is 18.6. The van der Waals surface area contributed by atoms with Crippen molar-refractivity contribution in [3.05, 3.63) is 59.7 Å². The summed E-state index contributed by atoms with van der Waals surface area (Å²) in [6, 6.07) is 11.4. The molecule has 0 aliphatic heterocycles. The second kappa shape index (κ2) is 15.1. The number of benzene rings is 1. The summed E-state index contributed by atoms with van der Waals surface area (Å²) < 4.78 is 0. The highest BCUT2D eigenvalue weighted by Gasteiger charge is 2.20. The number of rotatable bonds is 13. The lowest BCUT2D eigenvalue weighted by atomic mass is 9.78. The van der Waals surface area contributed by atoms with Crippen LogP contribution in [0.4, 0.5) is 0 Å². The highest BCUT2D eigenvalue weighted by atomic mass is 14.3. The van der Waals surface area contributed by atoms with Crippen molar-refractivity contribution in [3.8, 4) is 6.07 Å². The molecule has 1 nitrogen and oxygen atoms in total. The fourth-order valence-corrected chi connectivity index (χ4v) is 4.63. The second-order valence-corrected chi connectivity index (χ2v) is 8.90. The SMILES string of the molecule is CCCCCc1ccc(CCCCC2CCC(CC/C=C/C=C/C#N)CC2)cc1. The summed E-state index contributed by atoms with van der Waals surface area (Å²) in [5, 5.41) is 8.46. The van der Waals surface area contributed by atoms with Crippen LogP contribution in [0.2, 0.25) is 0 Å². The Labute approximate surface area is 179 Å². The van der Waals surface area contributed by atoms with Crippen molar-refractivity contribution < 1.29 is 0 Å². The zero-order chi connectivity index (χ0) is 20.6. The van der Waals surface area contributed by atoms with Crippen LogP contribution in [0.5, 0.6) is 0 Å². The molecule has 0 unspecified atom stereocenters. The van der Waals surface area contributed by atoms with Gasteiger partial charge in [0, 0.05) is 6.08 Å². The number of allylic oxidation sites excluding steroid dienone is 4. The molecule has 1 aromatic carbocycles. The Kier molecular flexibility index (Phi) is 12.2. The van der Waals surface area contributed by atoms with Gasteiger partial charge in [-0.2, -0.15) is 5.26 Å². The van der Waals surface area contributed by atoms with Gasteiger partial charge in [0.1, 0.15) is 0 Å². The normalized spacial score (nSPS) is 19.7. The number of nitriles is 1. The number of nitrogens with zero attached hydrogens (tertiary/aromatic N) is 1. The molecular formula is C28H41N. The maximum Gasteiger partial charge on any atom is 0.0912 e. The molecule has 1 heteroatoms. The Balaban J connectivity index is 1.52. The standard InChI is InChI=1S/C28H41N/c1-2-3-7-12-25-16-20-27(21-17-25)14-9-10-15-28-22-18-26(19-23-28)13-8-5-4-6-11-24-29/h4-6,11,16-17,20-21,26,28H,2-3,7-10,12-15,18-19,22-23H2,1H3/b5-4+,11-6+. The molecule has 0 bridgehead atoms. The van der Waals surface area contributed by atoms with E-state index in [-0.39, 0.29) is 0 Å². The van der Waals surface area contributed by atoms with E-state index < -0.39 is 0 Å². The summed E-state index contributed by atoms with van der Waals surface area (Å²) in [4.78, 5) is 0. The molecule has 2 rings (SSSR count). The molecule has 29 heavy (non-hydrogen) atoms. The fraction of sp³-hybridized carbons (Fsp3) is 0.607. The summed E-state index contributed by atoms with van der Waals surface area (Å²) in [6.07, 6.45) is 26.4. The molecule has 1 saturated carbocycles. The first-order valence-corrected chi connectivity index (χ1v) is 12.1. The average Bonchev–Trinajstić information content (AvgIpc) is 2.76. The third kappa shape index (κ3) is 10.5. The molecule has 0 radical (unpaired) electrons. The summed E-state index contributed by atoms with van der Waals surface area (Å²) >= 11 is 0. The van der Waals surface area contributed by atoms with Gasteiger partial charge in [0.2, 0.25) is 0 Å². The minimum absolute atomic E-state index is 0.923. The number of aryl methyl sites for hydroxylation is 2. The van der Waals surface area contributed by atoms with Crippen molar-refractivity contribution >= 4 is 0 Å². The van der Waals surface area contributed by atoms with Crippen molar-refractivity contribution in [1.82, 2.24) is 0 Å². The van der Waals surface area contributed by atoms with Crippen LogP contribution in [0.15, 0.2) is 48.6 Å². The Bertz CT molecular complexity index is 623. The van der Waals surface area contributed by atoms with Crippen LogP contribution < -0.4 is 0 Å². The monoisotopic (exact) mass is 391 g/mol. The van der Waals surface area contributed by atoms with Crippen LogP contribution in [0.1, 0.15) is 95.1 Å². The Morgan fingerprint density at radius 1 is 0.828 bits per heavy atom. The molecule has 1 fully saturated rings. The lowest BCUT2D eigenvalue weighted by molar-refractivity contribution is 0.250. The molecule has 0 saturated heterocycles.